The zero-order valence-electron chi connectivity index (χ0n) is 7.73. The fraction of sp³-hybridized carbons (Fsp3) is 0.778. The van der Waals surface area contributed by atoms with E-state index >= 15 is 0 Å². The van der Waals surface area contributed by atoms with Crippen LogP contribution in [0.5, 0.6) is 0 Å². The van der Waals surface area contributed by atoms with Gasteiger partial charge >= 0.3 is 0 Å². The Morgan fingerprint density at radius 1 is 1.27 bits per heavy atom. The van der Waals surface area contributed by atoms with Gasteiger partial charge in [0.05, 0.1) is 5.54 Å². The number of hydrogen-bond acceptors (Lipinski definition) is 2. The van der Waals surface area contributed by atoms with Gasteiger partial charge in [0, 0.05) is 0 Å². The van der Waals surface area contributed by atoms with Gasteiger partial charge in [0.1, 0.15) is 5.60 Å². The summed E-state index contributed by atoms with van der Waals surface area (Å²) in [5, 5.41) is 9.25. The molecule has 0 aromatic rings. The molecule has 2 heteroatoms. The number of aliphatic hydroxyl groups is 1. The Kier molecular flexibility index (Phi) is 3.10. The van der Waals surface area contributed by atoms with Crippen LogP contribution in [-0.2, 0) is 0 Å². The van der Waals surface area contributed by atoms with Crippen molar-refractivity contribution in [3.63, 3.8) is 0 Å². The van der Waals surface area contributed by atoms with Gasteiger partial charge in [-0.3, -0.25) is 0 Å². The first-order valence-electron chi connectivity index (χ1n) is 3.82. The lowest BCUT2D eigenvalue weighted by Crippen LogP contribution is -2.34. The van der Waals surface area contributed by atoms with Crippen molar-refractivity contribution in [3.05, 3.63) is 0 Å². The van der Waals surface area contributed by atoms with Crippen molar-refractivity contribution in [1.82, 2.24) is 0 Å². The topological polar surface area (TPSA) is 46.2 Å². The monoisotopic (exact) mass is 155 g/mol. The van der Waals surface area contributed by atoms with Crippen LogP contribution in [0.15, 0.2) is 0 Å². The number of rotatable bonds is 1. The highest BCUT2D eigenvalue weighted by Gasteiger charge is 2.13. The van der Waals surface area contributed by atoms with Crippen molar-refractivity contribution < 1.29 is 5.11 Å². The lowest BCUT2D eigenvalue weighted by Gasteiger charge is -2.15. The van der Waals surface area contributed by atoms with Crippen LogP contribution in [0.1, 0.15) is 34.1 Å². The summed E-state index contributed by atoms with van der Waals surface area (Å²) in [6.07, 6.45) is 0.788. The van der Waals surface area contributed by atoms with Gasteiger partial charge in [-0.05, 0) is 27.2 Å². The first-order valence-corrected chi connectivity index (χ1v) is 3.82. The molecule has 0 aliphatic carbocycles. The summed E-state index contributed by atoms with van der Waals surface area (Å²) in [4.78, 5) is 0. The minimum absolute atomic E-state index is 0.472. The van der Waals surface area contributed by atoms with E-state index in [-0.39, 0.29) is 0 Å². The SMILES string of the molecule is CCC(C)(N)C#CC(C)(C)O. The number of nitrogens with two attached hydrogens (primary N) is 1. The van der Waals surface area contributed by atoms with E-state index in [0.717, 1.165) is 6.42 Å². The smallest absolute Gasteiger partial charge is 0.120 e. The summed E-state index contributed by atoms with van der Waals surface area (Å²) >= 11 is 0. The third kappa shape index (κ3) is 5.90. The minimum Gasteiger partial charge on any atom is -0.378 e. The molecule has 0 heterocycles. The fourth-order valence-corrected chi connectivity index (χ4v) is 0.384. The molecule has 0 spiro atoms. The lowest BCUT2D eigenvalue weighted by atomic mass is 10.00. The van der Waals surface area contributed by atoms with Gasteiger partial charge < -0.3 is 10.8 Å². The number of hydrogen-bond donors (Lipinski definition) is 2. The Balaban J connectivity index is 4.29. The molecule has 0 aliphatic rings. The first kappa shape index (κ1) is 10.5. The average Bonchev–Trinajstić information content (AvgIpc) is 1.83. The minimum atomic E-state index is -0.935. The van der Waals surface area contributed by atoms with E-state index in [2.05, 4.69) is 11.8 Å². The molecular weight excluding hydrogens is 138 g/mol. The van der Waals surface area contributed by atoms with Crippen LogP contribution in [0.3, 0.4) is 0 Å². The molecule has 2 nitrogen and oxygen atoms in total. The molecule has 3 N–H and O–H groups in total. The molecule has 0 saturated carbocycles. The van der Waals surface area contributed by atoms with Crippen molar-refractivity contribution >= 4 is 0 Å². The van der Waals surface area contributed by atoms with Crippen molar-refractivity contribution in [2.45, 2.75) is 45.3 Å². The summed E-state index contributed by atoms with van der Waals surface area (Å²) < 4.78 is 0. The van der Waals surface area contributed by atoms with Gasteiger partial charge in [0.2, 0.25) is 0 Å². The van der Waals surface area contributed by atoms with E-state index in [0.29, 0.717) is 0 Å². The van der Waals surface area contributed by atoms with Gasteiger partial charge in [0.15, 0.2) is 0 Å². The molecule has 1 atom stereocenters. The average molecular weight is 155 g/mol. The first-order chi connectivity index (χ1) is 4.77. The molecule has 0 aromatic heterocycles. The molecule has 0 saturated heterocycles. The summed E-state index contributed by atoms with van der Waals surface area (Å²) in [7, 11) is 0. The maximum absolute atomic E-state index is 9.25. The van der Waals surface area contributed by atoms with E-state index in [1.54, 1.807) is 13.8 Å². The normalized spacial score (nSPS) is 16.5. The van der Waals surface area contributed by atoms with Gasteiger partial charge in [-0.2, -0.15) is 0 Å². The Morgan fingerprint density at radius 2 is 1.73 bits per heavy atom. The molecule has 0 aliphatic heterocycles. The quantitative estimate of drug-likeness (QED) is 0.552. The van der Waals surface area contributed by atoms with Gasteiger partial charge in [-0.25, -0.2) is 0 Å². The van der Waals surface area contributed by atoms with E-state index < -0.39 is 11.1 Å². The van der Waals surface area contributed by atoms with Gasteiger partial charge in [0.25, 0.3) is 0 Å². The highest BCUT2D eigenvalue weighted by Crippen LogP contribution is 2.04. The molecule has 0 aromatic carbocycles. The van der Waals surface area contributed by atoms with Crippen molar-refractivity contribution in [3.8, 4) is 11.8 Å². The summed E-state index contributed by atoms with van der Waals surface area (Å²) in [6, 6.07) is 0. The van der Waals surface area contributed by atoms with E-state index in [1.165, 1.54) is 0 Å². The Bertz CT molecular complexity index is 178. The van der Waals surface area contributed by atoms with Crippen LogP contribution in [0.25, 0.3) is 0 Å². The lowest BCUT2D eigenvalue weighted by molar-refractivity contribution is 0.143. The third-order valence-electron chi connectivity index (χ3n) is 1.39. The molecule has 0 fully saturated rings. The maximum atomic E-state index is 9.25. The Morgan fingerprint density at radius 3 is 2.00 bits per heavy atom. The Hall–Kier alpha value is -0.520. The summed E-state index contributed by atoms with van der Waals surface area (Å²) in [5.74, 6) is 5.52. The van der Waals surface area contributed by atoms with E-state index in [1.807, 2.05) is 13.8 Å². The molecule has 0 rings (SSSR count). The molecule has 11 heavy (non-hydrogen) atoms. The molecule has 1 unspecified atom stereocenters. The highest BCUT2D eigenvalue weighted by molar-refractivity contribution is 5.19. The molecule has 0 radical (unpaired) electrons. The van der Waals surface area contributed by atoms with Crippen LogP contribution >= 0.6 is 0 Å². The van der Waals surface area contributed by atoms with E-state index in [4.69, 9.17) is 5.73 Å². The van der Waals surface area contributed by atoms with Crippen LogP contribution in [-0.4, -0.2) is 16.2 Å². The largest absolute Gasteiger partial charge is 0.378 e. The second-order valence-electron chi connectivity index (χ2n) is 3.58. The standard InChI is InChI=1S/C9H17NO/c1-5-9(4,10)7-6-8(2,3)11/h11H,5,10H2,1-4H3. The van der Waals surface area contributed by atoms with Crippen LogP contribution < -0.4 is 5.73 Å². The Labute approximate surface area is 68.8 Å². The second kappa shape index (κ2) is 3.25. The molecule has 0 amide bonds. The van der Waals surface area contributed by atoms with Crippen molar-refractivity contribution in [2.24, 2.45) is 5.73 Å². The summed E-state index contributed by atoms with van der Waals surface area (Å²) in [5.41, 5.74) is 4.33. The second-order valence-corrected chi connectivity index (χ2v) is 3.58. The summed E-state index contributed by atoms with van der Waals surface area (Å²) in [6.45, 7) is 7.11. The maximum Gasteiger partial charge on any atom is 0.120 e. The van der Waals surface area contributed by atoms with Crippen LogP contribution in [0.4, 0.5) is 0 Å². The van der Waals surface area contributed by atoms with Gasteiger partial charge in [-0.15, -0.1) is 0 Å². The van der Waals surface area contributed by atoms with E-state index in [9.17, 15) is 5.11 Å². The highest BCUT2D eigenvalue weighted by atomic mass is 16.3. The zero-order chi connectivity index (χ0) is 9.12. The predicted molar refractivity (Wildman–Crippen MR) is 47.0 cm³/mol. The van der Waals surface area contributed by atoms with Gasteiger partial charge in [-0.1, -0.05) is 18.8 Å². The zero-order valence-corrected chi connectivity index (χ0v) is 7.73. The van der Waals surface area contributed by atoms with Crippen LogP contribution in [0, 0.1) is 11.8 Å². The van der Waals surface area contributed by atoms with Crippen molar-refractivity contribution in [2.75, 3.05) is 0 Å². The fourth-order valence-electron chi connectivity index (χ4n) is 0.384. The molecular formula is C9H17NO. The third-order valence-corrected chi connectivity index (χ3v) is 1.39. The van der Waals surface area contributed by atoms with Crippen LogP contribution in [0.2, 0.25) is 0 Å². The molecule has 64 valence electrons. The molecule has 0 bridgehead atoms. The van der Waals surface area contributed by atoms with Crippen molar-refractivity contribution in [1.29, 1.82) is 0 Å². The predicted octanol–water partition coefficient (Wildman–Crippen LogP) is 0.888.